The lowest BCUT2D eigenvalue weighted by molar-refractivity contribution is -0.121. The fourth-order valence-electron chi connectivity index (χ4n) is 5.27. The van der Waals surface area contributed by atoms with Crippen LogP contribution in [-0.2, 0) is 20.3 Å². The maximum atomic E-state index is 13.2. The topological polar surface area (TPSA) is 52.6 Å². The van der Waals surface area contributed by atoms with Crippen molar-refractivity contribution in [3.63, 3.8) is 0 Å². The first-order valence-corrected chi connectivity index (χ1v) is 12.6. The Morgan fingerprint density at radius 3 is 1.32 bits per heavy atom. The van der Waals surface area contributed by atoms with Crippen molar-refractivity contribution in [3.8, 4) is 0 Å². The predicted octanol–water partition coefficient (Wildman–Crippen LogP) is 6.85. The summed E-state index contributed by atoms with van der Waals surface area (Å²) in [4.78, 5) is 26.3. The van der Waals surface area contributed by atoms with E-state index in [1.165, 1.54) is 0 Å². The first kappa shape index (κ1) is 24.5. The molecule has 2 atom stereocenters. The lowest BCUT2D eigenvalue weighted by atomic mass is 9.67. The maximum absolute atomic E-state index is 13.2. The molecule has 3 saturated carbocycles. The van der Waals surface area contributed by atoms with E-state index >= 15 is 0 Å². The number of fused-ring (bicyclic) bond motifs is 3. The average molecular weight is 463 g/mol. The van der Waals surface area contributed by atoms with E-state index in [9.17, 15) is 9.59 Å². The summed E-state index contributed by atoms with van der Waals surface area (Å²) in [5.74, 6) is -0.198. The van der Waals surface area contributed by atoms with Gasteiger partial charge in [0.05, 0.1) is 11.1 Å². The summed E-state index contributed by atoms with van der Waals surface area (Å²) in [7, 11) is 0. The van der Waals surface area contributed by atoms with Crippen molar-refractivity contribution in [1.29, 1.82) is 0 Å². The van der Waals surface area contributed by atoms with E-state index in [1.807, 2.05) is 36.4 Å². The molecule has 0 aromatic heterocycles. The molecule has 3 aliphatic rings. The third-order valence-corrected chi connectivity index (χ3v) is 7.48. The molecule has 2 aromatic rings. The molecule has 3 aliphatic carbocycles. The second kappa shape index (κ2) is 9.20. The number of carbonyl (C=O) groups is 2. The molecular weight excluding hydrogens is 424 g/mol. The highest BCUT2D eigenvalue weighted by atomic mass is 16.6. The smallest absolute Gasteiger partial charge is 0.338 e. The van der Waals surface area contributed by atoms with Crippen LogP contribution >= 0.6 is 0 Å². The van der Waals surface area contributed by atoms with Gasteiger partial charge in [-0.1, -0.05) is 65.8 Å². The van der Waals surface area contributed by atoms with Crippen molar-refractivity contribution in [2.45, 2.75) is 90.3 Å². The number of hydrogen-bond donors (Lipinski definition) is 0. The second-order valence-corrected chi connectivity index (χ2v) is 12.1. The largest absolute Gasteiger partial charge is 0.455 e. The average Bonchev–Trinajstić information content (AvgIpc) is 2.80. The Kier molecular flexibility index (Phi) is 6.63. The summed E-state index contributed by atoms with van der Waals surface area (Å²) in [5, 5.41) is 0. The van der Waals surface area contributed by atoms with E-state index in [1.54, 1.807) is 12.1 Å². The molecule has 182 valence electrons. The molecule has 34 heavy (non-hydrogen) atoms. The highest BCUT2D eigenvalue weighted by Crippen LogP contribution is 2.45. The number of hydrogen-bond acceptors (Lipinski definition) is 4. The van der Waals surface area contributed by atoms with Gasteiger partial charge in [-0.15, -0.1) is 0 Å². The van der Waals surface area contributed by atoms with Crippen LogP contribution in [0.1, 0.15) is 99.1 Å². The van der Waals surface area contributed by atoms with Gasteiger partial charge in [-0.2, -0.15) is 0 Å². The molecule has 0 amide bonds. The molecule has 2 bridgehead atoms. The SMILES string of the molecule is CC(C)(C)c1cccc(C(=O)OC2C3CCC(CC3)C2OC(=O)c2cccc(C(C)(C)C)c2)c1. The van der Waals surface area contributed by atoms with Crippen molar-refractivity contribution < 1.29 is 19.1 Å². The summed E-state index contributed by atoms with van der Waals surface area (Å²) < 4.78 is 12.2. The Hall–Kier alpha value is -2.62. The molecule has 0 N–H and O–H groups in total. The van der Waals surface area contributed by atoms with Crippen molar-refractivity contribution in [1.82, 2.24) is 0 Å². The van der Waals surface area contributed by atoms with Crippen LogP contribution in [0, 0.1) is 11.8 Å². The van der Waals surface area contributed by atoms with E-state index < -0.39 is 12.2 Å². The first-order valence-electron chi connectivity index (χ1n) is 12.6. The van der Waals surface area contributed by atoms with E-state index in [2.05, 4.69) is 41.5 Å². The van der Waals surface area contributed by atoms with Crippen LogP contribution in [0.2, 0.25) is 0 Å². The van der Waals surface area contributed by atoms with Crippen LogP contribution in [0.25, 0.3) is 0 Å². The molecular formula is C30H38O4. The van der Waals surface area contributed by atoms with Gasteiger partial charge in [-0.25, -0.2) is 9.59 Å². The zero-order chi connectivity index (χ0) is 24.7. The molecule has 3 fully saturated rings. The van der Waals surface area contributed by atoms with Gasteiger partial charge < -0.3 is 9.47 Å². The van der Waals surface area contributed by atoms with E-state index in [0.717, 1.165) is 36.8 Å². The second-order valence-electron chi connectivity index (χ2n) is 12.1. The molecule has 5 rings (SSSR count). The third kappa shape index (κ3) is 5.21. The standard InChI is InChI=1S/C30H38O4/c1-29(2,3)23-11-7-9-21(17-23)27(31)33-25-19-13-15-20(16-14-19)26(25)34-28(32)22-10-8-12-24(18-22)30(4,5)6/h7-12,17-20,25-26H,13-16H2,1-6H3. The van der Waals surface area contributed by atoms with E-state index in [4.69, 9.17) is 9.47 Å². The molecule has 2 aromatic carbocycles. The van der Waals surface area contributed by atoms with Crippen LogP contribution in [0.3, 0.4) is 0 Å². The number of esters is 2. The minimum Gasteiger partial charge on any atom is -0.455 e. The molecule has 0 spiro atoms. The van der Waals surface area contributed by atoms with Gasteiger partial charge >= 0.3 is 11.9 Å². The zero-order valence-electron chi connectivity index (χ0n) is 21.4. The van der Waals surface area contributed by atoms with Crippen molar-refractivity contribution >= 4 is 11.9 Å². The maximum Gasteiger partial charge on any atom is 0.338 e. The summed E-state index contributed by atoms with van der Waals surface area (Å²) in [6.45, 7) is 12.8. The number of benzene rings is 2. The van der Waals surface area contributed by atoms with Gasteiger partial charge in [0.2, 0.25) is 0 Å². The minimum absolute atomic E-state index is 0.0557. The van der Waals surface area contributed by atoms with Gasteiger partial charge in [0.15, 0.2) is 0 Å². The van der Waals surface area contributed by atoms with Crippen molar-refractivity contribution in [2.75, 3.05) is 0 Å². The quantitative estimate of drug-likeness (QED) is 0.466. The Labute approximate surface area is 204 Å². The summed E-state index contributed by atoms with van der Waals surface area (Å²) in [5.41, 5.74) is 3.18. The Morgan fingerprint density at radius 1 is 0.647 bits per heavy atom. The predicted molar refractivity (Wildman–Crippen MR) is 134 cm³/mol. The number of rotatable bonds is 4. The normalized spacial score (nSPS) is 24.5. The number of carbonyl (C=O) groups excluding carboxylic acids is 2. The van der Waals surface area contributed by atoms with E-state index in [0.29, 0.717) is 11.1 Å². The third-order valence-electron chi connectivity index (χ3n) is 7.48. The van der Waals surface area contributed by atoms with Gasteiger partial charge in [0, 0.05) is 0 Å². The Balaban J connectivity index is 1.53. The molecule has 0 aliphatic heterocycles. The highest BCUT2D eigenvalue weighted by molar-refractivity contribution is 5.90. The number of ether oxygens (including phenoxy) is 2. The molecule has 0 saturated heterocycles. The molecule has 4 nitrogen and oxygen atoms in total. The van der Waals surface area contributed by atoms with Crippen molar-refractivity contribution in [3.05, 3.63) is 70.8 Å². The lowest BCUT2D eigenvalue weighted by Gasteiger charge is -2.46. The molecule has 4 heteroatoms. The van der Waals surface area contributed by atoms with Crippen molar-refractivity contribution in [2.24, 2.45) is 11.8 Å². The van der Waals surface area contributed by atoms with Gasteiger partial charge in [-0.05, 0) is 83.7 Å². The Morgan fingerprint density at radius 2 is 1.00 bits per heavy atom. The fraction of sp³-hybridized carbons (Fsp3) is 0.533. The van der Waals surface area contributed by atoms with Gasteiger partial charge in [0.25, 0.3) is 0 Å². The highest BCUT2D eigenvalue weighted by Gasteiger charge is 2.48. The lowest BCUT2D eigenvalue weighted by Crippen LogP contribution is -2.52. The summed E-state index contributed by atoms with van der Waals surface area (Å²) >= 11 is 0. The van der Waals surface area contributed by atoms with Crippen LogP contribution in [0.15, 0.2) is 48.5 Å². The van der Waals surface area contributed by atoms with Crippen LogP contribution in [0.4, 0.5) is 0 Å². The fourth-order valence-corrected chi connectivity index (χ4v) is 5.27. The minimum atomic E-state index is -0.395. The molecule has 0 heterocycles. The Bertz CT molecular complexity index is 962. The first-order chi connectivity index (χ1) is 15.9. The molecule has 2 unspecified atom stereocenters. The van der Waals surface area contributed by atoms with E-state index in [-0.39, 0.29) is 34.6 Å². The zero-order valence-corrected chi connectivity index (χ0v) is 21.4. The van der Waals surface area contributed by atoms with Gasteiger partial charge in [-0.3, -0.25) is 0 Å². The summed E-state index contributed by atoms with van der Waals surface area (Å²) in [6.07, 6.45) is 3.26. The molecule has 0 radical (unpaired) electrons. The van der Waals surface area contributed by atoms with Crippen LogP contribution in [-0.4, -0.2) is 24.1 Å². The van der Waals surface area contributed by atoms with Crippen LogP contribution in [0.5, 0.6) is 0 Å². The summed E-state index contributed by atoms with van der Waals surface area (Å²) in [6, 6.07) is 15.3. The monoisotopic (exact) mass is 462 g/mol. The van der Waals surface area contributed by atoms with Gasteiger partial charge in [0.1, 0.15) is 12.2 Å². The van der Waals surface area contributed by atoms with Crippen LogP contribution < -0.4 is 0 Å².